The van der Waals surface area contributed by atoms with Gasteiger partial charge in [-0.25, -0.2) is 0 Å². The number of amides is 2. The molecular weight excluding hydrogens is 387 g/mol. The van der Waals surface area contributed by atoms with E-state index in [1.54, 1.807) is 31.4 Å². The topological polar surface area (TPSA) is 58.6 Å². The van der Waals surface area contributed by atoms with Gasteiger partial charge in [0.25, 0.3) is 0 Å². The van der Waals surface area contributed by atoms with E-state index in [1.165, 1.54) is 11.3 Å². The van der Waals surface area contributed by atoms with Gasteiger partial charge in [-0.1, -0.05) is 43.5 Å². The van der Waals surface area contributed by atoms with Crippen molar-refractivity contribution < 1.29 is 14.3 Å². The number of nitrogens with zero attached hydrogens (tertiary/aromatic N) is 1. The SMILES string of the molecule is COCCN(C(=O)CCl)[C@H](C(=O)N[C@@H]1CCCC[C@H]1C)c1ccc(Cl)cc1. The Morgan fingerprint density at radius 1 is 1.26 bits per heavy atom. The highest BCUT2D eigenvalue weighted by atomic mass is 35.5. The number of nitrogens with one attached hydrogen (secondary N) is 1. The van der Waals surface area contributed by atoms with Gasteiger partial charge >= 0.3 is 0 Å². The van der Waals surface area contributed by atoms with Crippen LogP contribution in [0.5, 0.6) is 0 Å². The minimum atomic E-state index is -0.766. The maximum absolute atomic E-state index is 13.2. The summed E-state index contributed by atoms with van der Waals surface area (Å²) >= 11 is 11.8. The third kappa shape index (κ3) is 6.09. The number of halogens is 2. The molecule has 2 amide bonds. The minimum Gasteiger partial charge on any atom is -0.383 e. The largest absolute Gasteiger partial charge is 0.383 e. The highest BCUT2D eigenvalue weighted by Gasteiger charge is 2.33. The smallest absolute Gasteiger partial charge is 0.247 e. The summed E-state index contributed by atoms with van der Waals surface area (Å²) in [5.41, 5.74) is 0.704. The molecule has 0 saturated heterocycles. The summed E-state index contributed by atoms with van der Waals surface area (Å²) in [4.78, 5) is 27.2. The van der Waals surface area contributed by atoms with E-state index in [4.69, 9.17) is 27.9 Å². The van der Waals surface area contributed by atoms with Gasteiger partial charge in [0.1, 0.15) is 11.9 Å². The summed E-state index contributed by atoms with van der Waals surface area (Å²) < 4.78 is 5.13. The van der Waals surface area contributed by atoms with Crippen molar-refractivity contribution in [3.8, 4) is 0 Å². The maximum atomic E-state index is 13.2. The van der Waals surface area contributed by atoms with Gasteiger partial charge in [0.05, 0.1) is 6.61 Å². The summed E-state index contributed by atoms with van der Waals surface area (Å²) in [5.74, 6) is -0.267. The molecule has 7 heteroatoms. The standard InChI is InChI=1S/C20H28Cl2N2O3/c1-14-5-3-4-6-17(14)23-20(26)19(15-7-9-16(22)10-8-15)24(11-12-27-2)18(25)13-21/h7-10,14,17,19H,3-6,11-13H2,1-2H3,(H,23,26)/t14-,17-,19+/m1/s1. The lowest BCUT2D eigenvalue weighted by atomic mass is 9.85. The predicted molar refractivity (Wildman–Crippen MR) is 108 cm³/mol. The van der Waals surface area contributed by atoms with Crippen molar-refractivity contribution in [3.63, 3.8) is 0 Å². The first-order chi connectivity index (χ1) is 13.0. The molecule has 0 heterocycles. The van der Waals surface area contributed by atoms with Gasteiger partial charge in [0.2, 0.25) is 11.8 Å². The monoisotopic (exact) mass is 414 g/mol. The minimum absolute atomic E-state index is 0.122. The van der Waals surface area contributed by atoms with E-state index in [2.05, 4.69) is 12.2 Å². The van der Waals surface area contributed by atoms with Crippen LogP contribution in [0.2, 0.25) is 5.02 Å². The molecule has 0 spiro atoms. The van der Waals surface area contributed by atoms with Crippen molar-refractivity contribution in [1.82, 2.24) is 10.2 Å². The molecule has 0 radical (unpaired) electrons. The van der Waals surface area contributed by atoms with Crippen LogP contribution in [-0.4, -0.2) is 48.9 Å². The second kappa shape index (κ2) is 10.9. The molecule has 2 rings (SSSR count). The lowest BCUT2D eigenvalue weighted by molar-refractivity contribution is -0.140. The second-order valence-corrected chi connectivity index (χ2v) is 7.75. The molecule has 1 aromatic rings. The number of alkyl halides is 1. The molecule has 3 atom stereocenters. The Bertz CT molecular complexity index is 624. The average Bonchev–Trinajstić information content (AvgIpc) is 2.67. The molecule has 5 nitrogen and oxygen atoms in total. The Kier molecular flexibility index (Phi) is 8.87. The molecule has 1 aromatic carbocycles. The number of ether oxygens (including phenoxy) is 1. The van der Waals surface area contributed by atoms with Crippen LogP contribution in [0.25, 0.3) is 0 Å². The lowest BCUT2D eigenvalue weighted by Crippen LogP contribution is -2.49. The summed E-state index contributed by atoms with van der Waals surface area (Å²) in [7, 11) is 1.56. The average molecular weight is 415 g/mol. The van der Waals surface area contributed by atoms with Crippen molar-refractivity contribution >= 4 is 35.0 Å². The van der Waals surface area contributed by atoms with Crippen LogP contribution >= 0.6 is 23.2 Å². The van der Waals surface area contributed by atoms with Crippen molar-refractivity contribution in [1.29, 1.82) is 0 Å². The van der Waals surface area contributed by atoms with Gasteiger partial charge in [-0.05, 0) is 36.5 Å². The van der Waals surface area contributed by atoms with Crippen LogP contribution in [0.3, 0.4) is 0 Å². The van der Waals surface area contributed by atoms with Crippen LogP contribution in [0.15, 0.2) is 24.3 Å². The maximum Gasteiger partial charge on any atom is 0.247 e. The second-order valence-electron chi connectivity index (χ2n) is 7.04. The van der Waals surface area contributed by atoms with Gasteiger partial charge in [0, 0.05) is 24.7 Å². The van der Waals surface area contributed by atoms with Crippen molar-refractivity contribution in [3.05, 3.63) is 34.9 Å². The molecule has 1 aliphatic carbocycles. The zero-order chi connectivity index (χ0) is 19.8. The summed E-state index contributed by atoms with van der Waals surface area (Å²) in [6, 6.07) is 6.35. The third-order valence-electron chi connectivity index (χ3n) is 5.16. The van der Waals surface area contributed by atoms with E-state index in [1.807, 2.05) is 0 Å². The van der Waals surface area contributed by atoms with E-state index in [9.17, 15) is 9.59 Å². The molecule has 1 fully saturated rings. The molecule has 0 bridgehead atoms. The van der Waals surface area contributed by atoms with E-state index in [0.29, 0.717) is 23.1 Å². The van der Waals surface area contributed by atoms with Gasteiger partial charge < -0.3 is 15.0 Å². The third-order valence-corrected chi connectivity index (χ3v) is 5.64. The summed E-state index contributed by atoms with van der Waals surface area (Å²) in [6.45, 7) is 2.76. The number of methoxy groups -OCH3 is 1. The molecule has 0 aliphatic heterocycles. The Balaban J connectivity index is 2.30. The molecule has 1 aliphatic rings. The summed E-state index contributed by atoms with van der Waals surface area (Å²) in [6.07, 6.45) is 4.36. The highest BCUT2D eigenvalue weighted by Crippen LogP contribution is 2.27. The van der Waals surface area contributed by atoms with Crippen molar-refractivity contribution in [2.45, 2.75) is 44.7 Å². The van der Waals surface area contributed by atoms with Gasteiger partial charge in [-0.15, -0.1) is 11.6 Å². The van der Waals surface area contributed by atoms with Gasteiger partial charge in [0.15, 0.2) is 0 Å². The van der Waals surface area contributed by atoms with Crippen LogP contribution < -0.4 is 5.32 Å². The molecule has 1 saturated carbocycles. The molecule has 1 N–H and O–H groups in total. The van der Waals surface area contributed by atoms with E-state index in [0.717, 1.165) is 19.3 Å². The number of hydrogen-bond acceptors (Lipinski definition) is 3. The number of carbonyl (C=O) groups excluding carboxylic acids is 2. The first-order valence-corrected chi connectivity index (χ1v) is 10.3. The van der Waals surface area contributed by atoms with Crippen LogP contribution in [0, 0.1) is 5.92 Å². The zero-order valence-corrected chi connectivity index (χ0v) is 17.4. The van der Waals surface area contributed by atoms with E-state index >= 15 is 0 Å². The number of rotatable bonds is 8. The van der Waals surface area contributed by atoms with Crippen LogP contribution in [-0.2, 0) is 14.3 Å². The quantitative estimate of drug-likeness (QED) is 0.658. The Labute approximate surface area is 171 Å². The lowest BCUT2D eigenvalue weighted by Gasteiger charge is -2.35. The van der Waals surface area contributed by atoms with Gasteiger partial charge in [-0.2, -0.15) is 0 Å². The Morgan fingerprint density at radius 2 is 1.93 bits per heavy atom. The van der Waals surface area contributed by atoms with Crippen molar-refractivity contribution in [2.75, 3.05) is 26.1 Å². The predicted octanol–water partition coefficient (Wildman–Crippen LogP) is 3.79. The Hall–Kier alpha value is -1.30. The fourth-order valence-electron chi connectivity index (χ4n) is 3.57. The van der Waals surface area contributed by atoms with Crippen LogP contribution in [0.1, 0.15) is 44.2 Å². The molecule has 27 heavy (non-hydrogen) atoms. The normalized spacial score (nSPS) is 20.7. The first-order valence-electron chi connectivity index (χ1n) is 9.38. The fourth-order valence-corrected chi connectivity index (χ4v) is 3.85. The number of carbonyl (C=O) groups is 2. The molecule has 0 aromatic heterocycles. The van der Waals surface area contributed by atoms with Crippen molar-refractivity contribution in [2.24, 2.45) is 5.92 Å². The number of benzene rings is 1. The van der Waals surface area contributed by atoms with Crippen LogP contribution in [0.4, 0.5) is 0 Å². The molecule has 0 unspecified atom stereocenters. The zero-order valence-electron chi connectivity index (χ0n) is 15.9. The first kappa shape index (κ1) is 22.0. The molecular formula is C20H28Cl2N2O3. The summed E-state index contributed by atoms with van der Waals surface area (Å²) in [5, 5.41) is 3.74. The Morgan fingerprint density at radius 3 is 2.52 bits per heavy atom. The van der Waals surface area contributed by atoms with Gasteiger partial charge in [-0.3, -0.25) is 9.59 Å². The van der Waals surface area contributed by atoms with E-state index in [-0.39, 0.29) is 30.3 Å². The fraction of sp³-hybridized carbons (Fsp3) is 0.600. The highest BCUT2D eigenvalue weighted by molar-refractivity contribution is 6.30. The number of hydrogen-bond donors (Lipinski definition) is 1. The van der Waals surface area contributed by atoms with E-state index < -0.39 is 6.04 Å². The molecule has 150 valence electrons.